The number of aliphatic hydroxyl groups excluding tert-OH is 1. The van der Waals surface area contributed by atoms with Gasteiger partial charge in [0.1, 0.15) is 0 Å². The van der Waals surface area contributed by atoms with Gasteiger partial charge in [-0.2, -0.15) is 0 Å². The summed E-state index contributed by atoms with van der Waals surface area (Å²) >= 11 is 0. The molecule has 0 aromatic rings. The average molecular weight is 223 g/mol. The average Bonchev–Trinajstić information content (AvgIpc) is 2.22. The fourth-order valence-electron chi connectivity index (χ4n) is 0.792. The quantitative estimate of drug-likeness (QED) is 0.325. The molecule has 0 rings (SSSR count). The van der Waals surface area contributed by atoms with E-state index in [4.69, 9.17) is 10.8 Å². The zero-order valence-corrected chi connectivity index (χ0v) is 10.5. The Morgan fingerprint density at radius 3 is 2.44 bits per heavy atom. The van der Waals surface area contributed by atoms with Crippen molar-refractivity contribution in [3.8, 4) is 0 Å². The molecule has 3 N–H and O–H groups in total. The van der Waals surface area contributed by atoms with Gasteiger partial charge >= 0.3 is 0 Å². The van der Waals surface area contributed by atoms with Crippen molar-refractivity contribution in [3.63, 3.8) is 0 Å². The minimum absolute atomic E-state index is 0.196. The van der Waals surface area contributed by atoms with Crippen LogP contribution in [0.1, 0.15) is 20.8 Å². The van der Waals surface area contributed by atoms with Gasteiger partial charge in [-0.05, 0) is 32.4 Å². The first kappa shape index (κ1) is 14.3. The first-order valence-corrected chi connectivity index (χ1v) is 5.15. The van der Waals surface area contributed by atoms with Crippen molar-refractivity contribution in [3.05, 3.63) is 35.4 Å². The monoisotopic (exact) mass is 223 g/mol. The topological polar surface area (TPSA) is 61.9 Å². The van der Waals surface area contributed by atoms with Gasteiger partial charge in [0.25, 0.3) is 0 Å². The third kappa shape index (κ3) is 5.24. The van der Waals surface area contributed by atoms with Gasteiger partial charge in [0.05, 0.1) is 12.0 Å². The predicted molar refractivity (Wildman–Crippen MR) is 69.2 cm³/mol. The van der Waals surface area contributed by atoms with Crippen molar-refractivity contribution >= 4 is 6.34 Å². The van der Waals surface area contributed by atoms with E-state index in [1.807, 2.05) is 25.8 Å². The molecule has 0 heterocycles. The summed E-state index contributed by atoms with van der Waals surface area (Å²) in [5.74, 6) is -0.196. The Morgan fingerprint density at radius 2 is 2.06 bits per heavy atom. The maximum atomic E-state index is 9.10. The van der Waals surface area contributed by atoms with E-state index in [2.05, 4.69) is 11.6 Å². The second-order valence-corrected chi connectivity index (χ2v) is 3.70. The van der Waals surface area contributed by atoms with Crippen molar-refractivity contribution in [1.29, 1.82) is 0 Å². The summed E-state index contributed by atoms with van der Waals surface area (Å²) in [6.07, 6.45) is 3.43. The van der Waals surface area contributed by atoms with Crippen LogP contribution in [0.15, 0.2) is 40.4 Å². The predicted octanol–water partition coefficient (Wildman–Crippen LogP) is 2.17. The van der Waals surface area contributed by atoms with E-state index >= 15 is 0 Å². The van der Waals surface area contributed by atoms with Crippen LogP contribution in [0.25, 0.3) is 0 Å². The van der Waals surface area contributed by atoms with Crippen molar-refractivity contribution in [2.75, 3.05) is 13.6 Å². The van der Waals surface area contributed by atoms with Gasteiger partial charge in [-0.3, -0.25) is 0 Å². The summed E-state index contributed by atoms with van der Waals surface area (Å²) in [4.78, 5) is 6.22. The summed E-state index contributed by atoms with van der Waals surface area (Å²) < 4.78 is 0. The van der Waals surface area contributed by atoms with Gasteiger partial charge in [0, 0.05) is 19.2 Å². The van der Waals surface area contributed by atoms with Crippen LogP contribution in [-0.2, 0) is 0 Å². The number of rotatable bonds is 5. The number of aliphatic imine (C=N–C) groups is 1. The lowest BCUT2D eigenvalue weighted by molar-refractivity contribution is 0.400. The maximum Gasteiger partial charge on any atom is 0.184 e. The van der Waals surface area contributed by atoms with Gasteiger partial charge in [-0.25, -0.2) is 4.99 Å². The van der Waals surface area contributed by atoms with E-state index in [9.17, 15) is 0 Å². The van der Waals surface area contributed by atoms with E-state index in [0.717, 1.165) is 12.1 Å². The first-order valence-electron chi connectivity index (χ1n) is 5.15. The fourth-order valence-corrected chi connectivity index (χ4v) is 0.792. The second kappa shape index (κ2) is 6.71. The van der Waals surface area contributed by atoms with Crippen molar-refractivity contribution in [2.24, 2.45) is 10.7 Å². The normalized spacial score (nSPS) is 13.9. The Morgan fingerprint density at radius 1 is 1.50 bits per heavy atom. The Balaban J connectivity index is 4.98. The smallest absolute Gasteiger partial charge is 0.184 e. The van der Waals surface area contributed by atoms with E-state index < -0.39 is 0 Å². The molecule has 0 aromatic carbocycles. The molecule has 16 heavy (non-hydrogen) atoms. The van der Waals surface area contributed by atoms with Crippen LogP contribution in [0.4, 0.5) is 0 Å². The van der Waals surface area contributed by atoms with Gasteiger partial charge in [-0.15, -0.1) is 0 Å². The molecule has 4 nitrogen and oxygen atoms in total. The molecule has 0 saturated carbocycles. The minimum atomic E-state index is -0.196. The number of nitrogens with zero attached hydrogens (tertiary/aromatic N) is 2. The van der Waals surface area contributed by atoms with Crippen LogP contribution in [0, 0.1) is 0 Å². The molecule has 0 amide bonds. The summed E-state index contributed by atoms with van der Waals surface area (Å²) in [6, 6.07) is 0. The van der Waals surface area contributed by atoms with Gasteiger partial charge in [0.15, 0.2) is 5.88 Å². The third-order valence-electron chi connectivity index (χ3n) is 2.09. The Labute approximate surface area is 97.5 Å². The maximum absolute atomic E-state index is 9.10. The molecule has 0 aliphatic rings. The second-order valence-electron chi connectivity index (χ2n) is 3.70. The van der Waals surface area contributed by atoms with E-state index in [1.54, 1.807) is 19.3 Å². The number of aliphatic hydroxyl groups is 1. The molecular formula is C12H21N3O. The molecule has 0 aliphatic carbocycles. The number of hydrogen-bond donors (Lipinski definition) is 2. The molecule has 0 aliphatic heterocycles. The van der Waals surface area contributed by atoms with Crippen LogP contribution < -0.4 is 5.73 Å². The summed E-state index contributed by atoms with van der Waals surface area (Å²) in [6.45, 7) is 10.3. The largest absolute Gasteiger partial charge is 0.495 e. The van der Waals surface area contributed by atoms with Crippen LogP contribution >= 0.6 is 0 Å². The van der Waals surface area contributed by atoms with Crippen LogP contribution in [0.2, 0.25) is 0 Å². The Kier molecular flexibility index (Phi) is 6.00. The molecular weight excluding hydrogens is 202 g/mol. The Bertz CT molecular complexity index is 336. The molecule has 0 fully saturated rings. The number of allylic oxidation sites excluding steroid dienone is 3. The third-order valence-corrected chi connectivity index (χ3v) is 2.09. The van der Waals surface area contributed by atoms with Crippen molar-refractivity contribution in [1.82, 2.24) is 4.90 Å². The zero-order chi connectivity index (χ0) is 12.7. The molecule has 0 spiro atoms. The van der Waals surface area contributed by atoms with Crippen molar-refractivity contribution < 1.29 is 5.11 Å². The first-order chi connectivity index (χ1) is 7.38. The van der Waals surface area contributed by atoms with E-state index in [-0.39, 0.29) is 5.88 Å². The number of hydrogen-bond acceptors (Lipinski definition) is 3. The highest BCUT2D eigenvalue weighted by molar-refractivity contribution is 5.58. The van der Waals surface area contributed by atoms with Gasteiger partial charge < -0.3 is 15.7 Å². The summed E-state index contributed by atoms with van der Waals surface area (Å²) in [5.41, 5.74) is 7.37. The lowest BCUT2D eigenvalue weighted by atomic mass is 10.2. The van der Waals surface area contributed by atoms with Crippen LogP contribution in [-0.4, -0.2) is 29.9 Å². The highest BCUT2D eigenvalue weighted by Crippen LogP contribution is 2.12. The Hall–Kier alpha value is -1.71. The minimum Gasteiger partial charge on any atom is -0.495 e. The molecule has 90 valence electrons. The highest BCUT2D eigenvalue weighted by atomic mass is 16.3. The van der Waals surface area contributed by atoms with Crippen LogP contribution in [0.5, 0.6) is 0 Å². The summed E-state index contributed by atoms with van der Waals surface area (Å²) in [5, 5.41) is 9.10. The van der Waals surface area contributed by atoms with E-state index in [0.29, 0.717) is 11.3 Å². The van der Waals surface area contributed by atoms with Crippen molar-refractivity contribution in [2.45, 2.75) is 20.8 Å². The summed E-state index contributed by atoms with van der Waals surface area (Å²) in [7, 11) is 1.93. The molecule has 0 atom stereocenters. The molecule has 0 saturated heterocycles. The fraction of sp³-hybridized carbons (Fsp3) is 0.417. The van der Waals surface area contributed by atoms with Gasteiger partial charge in [0.2, 0.25) is 0 Å². The molecule has 0 unspecified atom stereocenters. The molecule has 4 heteroatoms. The molecule has 0 aromatic heterocycles. The van der Waals surface area contributed by atoms with Crippen LogP contribution in [0.3, 0.4) is 0 Å². The zero-order valence-electron chi connectivity index (χ0n) is 10.5. The molecule has 0 bridgehead atoms. The molecule has 0 radical (unpaired) electrons. The van der Waals surface area contributed by atoms with E-state index in [1.165, 1.54) is 0 Å². The highest BCUT2D eigenvalue weighted by Gasteiger charge is 1.98. The van der Waals surface area contributed by atoms with Gasteiger partial charge in [-0.1, -0.05) is 6.58 Å². The standard InChI is InChI=1S/C12H21N3O/c1-6-15(5)8-14-11(9(2)3)7-10(4)12(13)16/h7-8,16H,2,6,13H2,1,3-5H3/b11-7+,12-10+,14-8?. The lowest BCUT2D eigenvalue weighted by Gasteiger charge is -2.09. The lowest BCUT2D eigenvalue weighted by Crippen LogP contribution is -2.14. The number of nitrogens with two attached hydrogens (primary N) is 1. The SMILES string of the molecule is C=C(C)/C(=C\C(C)=C(/N)O)N=CN(C)CC.